The predicted molar refractivity (Wildman–Crippen MR) is 61.9 cm³/mol. The van der Waals surface area contributed by atoms with Crippen LogP contribution in [0, 0.1) is 5.92 Å². The Morgan fingerprint density at radius 2 is 1.69 bits per heavy atom. The van der Waals surface area contributed by atoms with E-state index in [0.717, 1.165) is 0 Å². The van der Waals surface area contributed by atoms with Crippen LogP contribution in [0.4, 0.5) is 0 Å². The van der Waals surface area contributed by atoms with Gasteiger partial charge in [-0.1, -0.05) is 19.3 Å². The van der Waals surface area contributed by atoms with Crippen molar-refractivity contribution < 1.29 is 14.9 Å². The molecule has 2 N–H and O–H groups in total. The number of aliphatic hydroxyl groups is 2. The van der Waals surface area contributed by atoms with Crippen LogP contribution in [-0.4, -0.2) is 27.7 Å². The first-order valence-corrected chi connectivity index (χ1v) is 6.51. The quantitative estimate of drug-likeness (QED) is 0.723. The van der Waals surface area contributed by atoms with Crippen LogP contribution in [0.2, 0.25) is 0 Å². The minimum Gasteiger partial charge on any atom is -0.390 e. The maximum Gasteiger partial charge on any atom is 0.165 e. The molecule has 0 aromatic carbocycles. The lowest BCUT2D eigenvalue weighted by atomic mass is 9.77. The molecule has 0 radical (unpaired) electrons. The Kier molecular flexibility index (Phi) is 3.30. The minimum absolute atomic E-state index is 0.0269. The molecule has 1 heterocycles. The molecule has 3 heteroatoms. The Bertz CT molecular complexity index is 226. The van der Waals surface area contributed by atoms with Crippen LogP contribution in [0.3, 0.4) is 0 Å². The van der Waals surface area contributed by atoms with E-state index in [9.17, 15) is 10.2 Å². The van der Waals surface area contributed by atoms with Gasteiger partial charge in [0.2, 0.25) is 0 Å². The van der Waals surface area contributed by atoms with E-state index in [1.165, 1.54) is 32.1 Å². The standard InChI is InChI=1S/C13H24O3/c1-12(14)8-11(16-13(2,15)9-12)10-6-4-3-5-7-10/h10-11,14-15H,3-9H2,1-2H3/t11-,12+,13-/m0/s1. The van der Waals surface area contributed by atoms with Crippen molar-refractivity contribution in [3.63, 3.8) is 0 Å². The molecule has 2 rings (SSSR count). The van der Waals surface area contributed by atoms with E-state index >= 15 is 0 Å². The van der Waals surface area contributed by atoms with Crippen molar-refractivity contribution >= 4 is 0 Å². The normalized spacial score (nSPS) is 46.9. The third-order valence-corrected chi connectivity index (χ3v) is 3.93. The maximum atomic E-state index is 10.2. The van der Waals surface area contributed by atoms with Crippen LogP contribution in [0.1, 0.15) is 58.8 Å². The van der Waals surface area contributed by atoms with Crippen molar-refractivity contribution in [2.45, 2.75) is 76.3 Å². The van der Waals surface area contributed by atoms with E-state index < -0.39 is 11.4 Å². The molecule has 0 amide bonds. The van der Waals surface area contributed by atoms with Crippen molar-refractivity contribution in [2.24, 2.45) is 5.92 Å². The van der Waals surface area contributed by atoms with E-state index in [2.05, 4.69) is 0 Å². The fourth-order valence-electron chi connectivity index (χ4n) is 3.39. The Labute approximate surface area is 97.8 Å². The largest absolute Gasteiger partial charge is 0.390 e. The lowest BCUT2D eigenvalue weighted by Crippen LogP contribution is -2.52. The van der Waals surface area contributed by atoms with Gasteiger partial charge in [-0.2, -0.15) is 0 Å². The summed E-state index contributed by atoms with van der Waals surface area (Å²) in [4.78, 5) is 0. The molecule has 0 bridgehead atoms. The highest BCUT2D eigenvalue weighted by molar-refractivity contribution is 4.91. The average molecular weight is 228 g/mol. The molecule has 1 aliphatic carbocycles. The van der Waals surface area contributed by atoms with E-state index in [0.29, 0.717) is 18.8 Å². The zero-order valence-electron chi connectivity index (χ0n) is 10.4. The second kappa shape index (κ2) is 4.28. The molecule has 1 saturated carbocycles. The van der Waals surface area contributed by atoms with Gasteiger partial charge in [0.05, 0.1) is 11.7 Å². The van der Waals surface area contributed by atoms with Gasteiger partial charge in [0.1, 0.15) is 0 Å². The third kappa shape index (κ3) is 2.96. The molecule has 94 valence electrons. The highest BCUT2D eigenvalue weighted by Crippen LogP contribution is 2.40. The summed E-state index contributed by atoms with van der Waals surface area (Å²) in [5.74, 6) is -0.642. The van der Waals surface area contributed by atoms with Crippen LogP contribution in [0.25, 0.3) is 0 Å². The fraction of sp³-hybridized carbons (Fsp3) is 1.00. The van der Waals surface area contributed by atoms with Crippen LogP contribution < -0.4 is 0 Å². The molecule has 0 aromatic heterocycles. The Morgan fingerprint density at radius 1 is 1.06 bits per heavy atom. The van der Waals surface area contributed by atoms with Crippen LogP contribution in [0.15, 0.2) is 0 Å². The van der Waals surface area contributed by atoms with Gasteiger partial charge >= 0.3 is 0 Å². The number of hydrogen-bond acceptors (Lipinski definition) is 3. The summed E-state index contributed by atoms with van der Waals surface area (Å²) in [5.41, 5.74) is -0.788. The van der Waals surface area contributed by atoms with Crippen LogP contribution >= 0.6 is 0 Å². The molecule has 2 aliphatic rings. The van der Waals surface area contributed by atoms with E-state index in [-0.39, 0.29) is 6.10 Å². The summed E-state index contributed by atoms with van der Waals surface area (Å²) < 4.78 is 5.74. The summed E-state index contributed by atoms with van der Waals surface area (Å²) in [6, 6.07) is 0. The Hall–Kier alpha value is -0.120. The van der Waals surface area contributed by atoms with Gasteiger partial charge in [0, 0.05) is 12.8 Å². The summed E-state index contributed by atoms with van der Waals surface area (Å²) >= 11 is 0. The van der Waals surface area contributed by atoms with Gasteiger partial charge in [-0.3, -0.25) is 0 Å². The molecule has 2 fully saturated rings. The topological polar surface area (TPSA) is 49.7 Å². The van der Waals surface area contributed by atoms with Crippen molar-refractivity contribution in [3.05, 3.63) is 0 Å². The number of hydrogen-bond donors (Lipinski definition) is 2. The SMILES string of the molecule is C[C@@]1(O)C[C@@H](C2CCCCC2)O[C@](C)(O)C1. The van der Waals surface area contributed by atoms with Crippen LogP contribution in [0.5, 0.6) is 0 Å². The maximum absolute atomic E-state index is 10.2. The molecule has 0 spiro atoms. The lowest BCUT2D eigenvalue weighted by Gasteiger charge is -2.46. The van der Waals surface area contributed by atoms with Crippen molar-refractivity contribution in [1.82, 2.24) is 0 Å². The predicted octanol–water partition coefficient (Wildman–Crippen LogP) is 2.21. The summed E-state index contributed by atoms with van der Waals surface area (Å²) in [6.45, 7) is 3.47. The molecular weight excluding hydrogens is 204 g/mol. The molecule has 0 aromatic rings. The number of rotatable bonds is 1. The molecule has 0 unspecified atom stereocenters. The van der Waals surface area contributed by atoms with Crippen LogP contribution in [-0.2, 0) is 4.74 Å². The van der Waals surface area contributed by atoms with E-state index in [1.54, 1.807) is 13.8 Å². The monoisotopic (exact) mass is 228 g/mol. The lowest BCUT2D eigenvalue weighted by molar-refractivity contribution is -0.290. The molecule has 3 nitrogen and oxygen atoms in total. The first kappa shape index (κ1) is 12.3. The Balaban J connectivity index is 2.03. The van der Waals surface area contributed by atoms with E-state index in [4.69, 9.17) is 4.74 Å². The van der Waals surface area contributed by atoms with Gasteiger partial charge in [0.15, 0.2) is 5.79 Å². The van der Waals surface area contributed by atoms with Gasteiger partial charge < -0.3 is 14.9 Å². The number of ether oxygens (including phenoxy) is 1. The highest BCUT2D eigenvalue weighted by atomic mass is 16.6. The first-order valence-electron chi connectivity index (χ1n) is 6.51. The summed E-state index contributed by atoms with van der Waals surface area (Å²) in [6.07, 6.45) is 7.18. The molecule has 1 saturated heterocycles. The van der Waals surface area contributed by atoms with E-state index in [1.807, 2.05) is 0 Å². The average Bonchev–Trinajstić information content (AvgIpc) is 2.14. The van der Waals surface area contributed by atoms with Gasteiger partial charge in [-0.05, 0) is 32.6 Å². The fourth-order valence-corrected chi connectivity index (χ4v) is 3.39. The van der Waals surface area contributed by atoms with Crippen molar-refractivity contribution in [2.75, 3.05) is 0 Å². The minimum atomic E-state index is -1.16. The summed E-state index contributed by atoms with van der Waals surface area (Å²) in [7, 11) is 0. The highest BCUT2D eigenvalue weighted by Gasteiger charge is 2.44. The second-order valence-corrected chi connectivity index (χ2v) is 6.11. The molecule has 16 heavy (non-hydrogen) atoms. The van der Waals surface area contributed by atoms with Gasteiger partial charge in [0.25, 0.3) is 0 Å². The Morgan fingerprint density at radius 3 is 2.25 bits per heavy atom. The first-order chi connectivity index (χ1) is 7.38. The zero-order chi connectivity index (χ0) is 11.8. The van der Waals surface area contributed by atoms with Gasteiger partial charge in [-0.25, -0.2) is 0 Å². The molecule has 3 atom stereocenters. The van der Waals surface area contributed by atoms with Crippen molar-refractivity contribution in [1.29, 1.82) is 0 Å². The summed E-state index contributed by atoms with van der Waals surface area (Å²) in [5, 5.41) is 20.2. The van der Waals surface area contributed by atoms with Gasteiger partial charge in [-0.15, -0.1) is 0 Å². The van der Waals surface area contributed by atoms with Crippen molar-refractivity contribution in [3.8, 4) is 0 Å². The second-order valence-electron chi connectivity index (χ2n) is 6.11. The zero-order valence-corrected chi connectivity index (χ0v) is 10.4. The smallest absolute Gasteiger partial charge is 0.165 e. The molecule has 1 aliphatic heterocycles. The third-order valence-electron chi connectivity index (χ3n) is 3.93. The molecular formula is C13H24O3.